The van der Waals surface area contributed by atoms with Gasteiger partial charge in [0, 0.05) is 25.9 Å². The average Bonchev–Trinajstić information content (AvgIpc) is 2.74. The molecule has 0 amide bonds. The third-order valence-electron chi connectivity index (χ3n) is 5.29. The topological polar surface area (TPSA) is 94.2 Å². The Morgan fingerprint density at radius 1 is 1.21 bits per heavy atom. The molecule has 1 saturated carbocycles. The first-order valence-electron chi connectivity index (χ1n) is 10.1. The smallest absolute Gasteiger partial charge is 0.311 e. The Kier molecular flexibility index (Phi) is 6.56. The van der Waals surface area contributed by atoms with Gasteiger partial charge in [-0.25, -0.2) is 9.97 Å². The third-order valence-corrected chi connectivity index (χ3v) is 6.31. The van der Waals surface area contributed by atoms with E-state index in [0.717, 1.165) is 25.7 Å². The van der Waals surface area contributed by atoms with E-state index in [2.05, 4.69) is 9.97 Å². The van der Waals surface area contributed by atoms with Crippen LogP contribution in [0.1, 0.15) is 57.6 Å². The lowest BCUT2D eigenvalue weighted by molar-refractivity contribution is -0.384. The first-order valence-corrected chi connectivity index (χ1v) is 11.1. The minimum atomic E-state index is -0.440. The van der Waals surface area contributed by atoms with Crippen molar-refractivity contribution in [3.8, 4) is 11.3 Å². The molecule has 3 heterocycles. The number of nitrogens with zero attached hydrogens (tertiary/aromatic N) is 5. The van der Waals surface area contributed by atoms with E-state index < -0.39 is 4.92 Å². The van der Waals surface area contributed by atoms with Gasteiger partial charge in [0.2, 0.25) is 0 Å². The summed E-state index contributed by atoms with van der Waals surface area (Å²) in [4.78, 5) is 34.8. The number of pyridine rings is 1. The molecule has 2 aliphatic rings. The third kappa shape index (κ3) is 3.88. The number of rotatable bonds is 3. The van der Waals surface area contributed by atoms with E-state index in [-0.39, 0.29) is 17.3 Å². The van der Waals surface area contributed by atoms with Crippen LogP contribution < -0.4 is 10.5 Å². The second kappa shape index (κ2) is 8.94. The van der Waals surface area contributed by atoms with E-state index in [9.17, 15) is 14.9 Å². The van der Waals surface area contributed by atoms with Crippen LogP contribution in [0.25, 0.3) is 11.3 Å². The summed E-state index contributed by atoms with van der Waals surface area (Å²) >= 11 is 1.44. The Morgan fingerprint density at radius 2 is 1.90 bits per heavy atom. The van der Waals surface area contributed by atoms with Crippen molar-refractivity contribution in [2.24, 2.45) is 0 Å². The highest BCUT2D eigenvalue weighted by atomic mass is 32.2. The molecule has 29 heavy (non-hydrogen) atoms. The highest BCUT2D eigenvalue weighted by Gasteiger charge is 2.32. The number of aromatic nitrogens is 3. The molecule has 0 radical (unpaired) electrons. The summed E-state index contributed by atoms with van der Waals surface area (Å²) in [5.41, 5.74) is 2.08. The molecule has 0 saturated heterocycles. The highest BCUT2D eigenvalue weighted by Crippen LogP contribution is 2.46. The monoisotopic (exact) mass is 417 g/mol. The minimum Gasteiger partial charge on any atom is -0.371 e. The molecule has 4 rings (SSSR count). The Labute approximate surface area is 174 Å². The van der Waals surface area contributed by atoms with E-state index in [4.69, 9.17) is 0 Å². The maximum absolute atomic E-state index is 13.2. The number of fused-ring (bicyclic) bond motifs is 3. The van der Waals surface area contributed by atoms with Crippen LogP contribution in [0.3, 0.4) is 0 Å². The molecule has 156 valence electrons. The summed E-state index contributed by atoms with van der Waals surface area (Å²) in [6, 6.07) is 0.201. The molecule has 9 heteroatoms. The number of nitro groups is 1. The predicted octanol–water partition coefficient (Wildman–Crippen LogP) is 4.42. The molecule has 1 fully saturated rings. The van der Waals surface area contributed by atoms with E-state index in [1.165, 1.54) is 24.4 Å². The SMILES string of the molecule is CC.CN(C)c1c([N+](=O)[O-])cnc2c1-c1ncn(C3CCCCC3)c(=O)c1CS2. The molecule has 0 atom stereocenters. The molecule has 1 aliphatic heterocycles. The van der Waals surface area contributed by atoms with Gasteiger partial charge in [-0.2, -0.15) is 0 Å². The van der Waals surface area contributed by atoms with Gasteiger partial charge in [0.25, 0.3) is 5.56 Å². The van der Waals surface area contributed by atoms with Gasteiger partial charge in [0.1, 0.15) is 16.9 Å². The zero-order chi connectivity index (χ0) is 21.1. The number of hydrogen-bond acceptors (Lipinski definition) is 7. The largest absolute Gasteiger partial charge is 0.371 e. The van der Waals surface area contributed by atoms with Crippen molar-refractivity contribution in [2.45, 2.75) is 62.8 Å². The van der Waals surface area contributed by atoms with Crippen molar-refractivity contribution < 1.29 is 4.92 Å². The average molecular weight is 418 g/mol. The molecule has 0 aromatic carbocycles. The van der Waals surface area contributed by atoms with Gasteiger partial charge in [-0.15, -0.1) is 11.8 Å². The quantitative estimate of drug-likeness (QED) is 0.539. The van der Waals surface area contributed by atoms with Crippen LogP contribution in [-0.4, -0.2) is 33.6 Å². The van der Waals surface area contributed by atoms with E-state index >= 15 is 0 Å². The highest BCUT2D eigenvalue weighted by molar-refractivity contribution is 7.98. The van der Waals surface area contributed by atoms with Crippen LogP contribution in [0.2, 0.25) is 0 Å². The minimum absolute atomic E-state index is 0.0266. The van der Waals surface area contributed by atoms with Crippen molar-refractivity contribution in [1.82, 2.24) is 14.5 Å². The fraction of sp³-hybridized carbons (Fsp3) is 0.550. The Hall–Kier alpha value is -2.42. The van der Waals surface area contributed by atoms with Crippen molar-refractivity contribution in [2.75, 3.05) is 19.0 Å². The number of hydrogen-bond donors (Lipinski definition) is 0. The summed E-state index contributed by atoms with van der Waals surface area (Å²) in [6.07, 6.45) is 8.39. The van der Waals surface area contributed by atoms with Crippen molar-refractivity contribution in [3.63, 3.8) is 0 Å². The Balaban J connectivity index is 0.00000117. The lowest BCUT2D eigenvalue weighted by atomic mass is 9.95. The molecular weight excluding hydrogens is 390 g/mol. The van der Waals surface area contributed by atoms with Gasteiger partial charge < -0.3 is 4.90 Å². The van der Waals surface area contributed by atoms with Crippen LogP contribution in [0.5, 0.6) is 0 Å². The summed E-state index contributed by atoms with van der Waals surface area (Å²) in [7, 11) is 3.51. The second-order valence-corrected chi connectivity index (χ2v) is 8.15. The molecule has 0 spiro atoms. The maximum atomic E-state index is 13.2. The molecule has 0 N–H and O–H groups in total. The fourth-order valence-electron chi connectivity index (χ4n) is 4.00. The van der Waals surface area contributed by atoms with Gasteiger partial charge in [-0.05, 0) is 12.8 Å². The molecule has 8 nitrogen and oxygen atoms in total. The number of anilines is 1. The zero-order valence-electron chi connectivity index (χ0n) is 17.3. The first-order chi connectivity index (χ1) is 14.0. The van der Waals surface area contributed by atoms with Crippen LogP contribution in [0.4, 0.5) is 11.4 Å². The van der Waals surface area contributed by atoms with Crippen LogP contribution >= 0.6 is 11.8 Å². The zero-order valence-corrected chi connectivity index (χ0v) is 18.2. The summed E-state index contributed by atoms with van der Waals surface area (Å²) in [6.45, 7) is 4.00. The van der Waals surface area contributed by atoms with Crippen molar-refractivity contribution in [3.05, 3.63) is 38.6 Å². The van der Waals surface area contributed by atoms with E-state index in [1.807, 2.05) is 13.8 Å². The number of thioether (sulfide) groups is 1. The molecule has 0 unspecified atom stereocenters. The fourth-order valence-corrected chi connectivity index (χ4v) is 5.00. The normalized spacial score (nSPS) is 15.6. The van der Waals surface area contributed by atoms with Gasteiger partial charge >= 0.3 is 5.69 Å². The Bertz CT molecular complexity index is 967. The lowest BCUT2D eigenvalue weighted by Gasteiger charge is -2.27. The van der Waals surface area contributed by atoms with Crippen molar-refractivity contribution >= 4 is 23.1 Å². The van der Waals surface area contributed by atoms with Crippen LogP contribution in [0.15, 0.2) is 22.3 Å². The van der Waals surface area contributed by atoms with Crippen molar-refractivity contribution in [1.29, 1.82) is 0 Å². The summed E-state index contributed by atoms with van der Waals surface area (Å²) in [5.74, 6) is 0.486. The molecule has 0 bridgehead atoms. The Morgan fingerprint density at radius 3 is 2.52 bits per heavy atom. The first kappa shape index (κ1) is 21.3. The van der Waals surface area contributed by atoms with Crippen LogP contribution in [-0.2, 0) is 5.75 Å². The maximum Gasteiger partial charge on any atom is 0.311 e. The van der Waals surface area contributed by atoms with E-state index in [0.29, 0.717) is 33.3 Å². The van der Waals surface area contributed by atoms with Gasteiger partial charge in [0.15, 0.2) is 0 Å². The van der Waals surface area contributed by atoms with Gasteiger partial charge in [0.05, 0.1) is 28.1 Å². The van der Waals surface area contributed by atoms with Gasteiger partial charge in [-0.3, -0.25) is 19.5 Å². The molecule has 2 aromatic heterocycles. The van der Waals surface area contributed by atoms with E-state index in [1.54, 1.807) is 29.9 Å². The molecule has 2 aromatic rings. The lowest BCUT2D eigenvalue weighted by Crippen LogP contribution is -2.30. The molecular formula is C20H27N5O3S. The second-order valence-electron chi connectivity index (χ2n) is 7.19. The molecule has 1 aliphatic carbocycles. The predicted molar refractivity (Wildman–Crippen MR) is 116 cm³/mol. The standard InChI is InChI=1S/C18H21N5O3S.C2H6/c1-21(2)16-13(23(25)26)8-19-17-14(16)15-12(9-27-17)18(24)22(10-20-15)11-6-4-3-5-7-11;1-2/h8,10-11H,3-7,9H2,1-2H3;1-2H3. The summed E-state index contributed by atoms with van der Waals surface area (Å²) < 4.78 is 1.77. The van der Waals surface area contributed by atoms with Crippen LogP contribution in [0, 0.1) is 10.1 Å². The summed E-state index contributed by atoms with van der Waals surface area (Å²) in [5, 5.41) is 12.2. The van der Waals surface area contributed by atoms with Gasteiger partial charge in [-0.1, -0.05) is 33.1 Å².